The van der Waals surface area contributed by atoms with E-state index in [1.54, 1.807) is 0 Å². The summed E-state index contributed by atoms with van der Waals surface area (Å²) in [7, 11) is 0. The van der Waals surface area contributed by atoms with Crippen LogP contribution < -0.4 is 5.32 Å². The molecule has 4 heterocycles. The molecule has 2 aromatic heterocycles. The molecule has 0 bridgehead atoms. The highest BCUT2D eigenvalue weighted by Gasteiger charge is 2.24. The van der Waals surface area contributed by atoms with Crippen LogP contribution >= 0.6 is 0 Å². The van der Waals surface area contributed by atoms with Gasteiger partial charge in [-0.1, -0.05) is 18.2 Å². The van der Waals surface area contributed by atoms with E-state index in [4.69, 9.17) is 9.15 Å². The summed E-state index contributed by atoms with van der Waals surface area (Å²) in [6.45, 7) is 4.71. The van der Waals surface area contributed by atoms with Gasteiger partial charge in [-0.2, -0.15) is 0 Å². The number of rotatable bonds is 6. The Morgan fingerprint density at radius 2 is 2.13 bits per heavy atom. The number of carbonyl (C=O) groups excluding carboxylic acids is 1. The summed E-state index contributed by atoms with van der Waals surface area (Å²) in [5.41, 5.74) is 0.937. The standard InChI is InChI=1S/C22H27N5O3/c28-22(19-6-3-13-29-19)23-9-7-20-24-25-21-8-10-26(11-12-27(20)21)15-17-14-16-4-1-2-5-18(16)30-17/h1-2,4-5,14,19H,3,6-13,15H2,(H,23,28). The predicted molar refractivity (Wildman–Crippen MR) is 111 cm³/mol. The Morgan fingerprint density at radius 1 is 1.20 bits per heavy atom. The zero-order chi connectivity index (χ0) is 20.3. The minimum atomic E-state index is -0.285. The van der Waals surface area contributed by atoms with E-state index in [1.165, 1.54) is 0 Å². The normalized spacial score (nSPS) is 19.7. The molecule has 0 aliphatic carbocycles. The molecule has 1 N–H and O–H groups in total. The van der Waals surface area contributed by atoms with Gasteiger partial charge in [-0.3, -0.25) is 9.69 Å². The van der Waals surface area contributed by atoms with Crippen LogP contribution in [-0.2, 0) is 35.5 Å². The Hall–Kier alpha value is -2.71. The van der Waals surface area contributed by atoms with Crippen LogP contribution in [0.4, 0.5) is 0 Å². The lowest BCUT2D eigenvalue weighted by atomic mass is 10.2. The minimum absolute atomic E-state index is 0.0138. The lowest BCUT2D eigenvalue weighted by Gasteiger charge is -2.18. The van der Waals surface area contributed by atoms with Crippen LogP contribution in [0.2, 0.25) is 0 Å². The van der Waals surface area contributed by atoms with Crippen LogP contribution in [0.5, 0.6) is 0 Å². The summed E-state index contributed by atoms with van der Waals surface area (Å²) in [5.74, 6) is 2.93. The minimum Gasteiger partial charge on any atom is -0.460 e. The Bertz CT molecular complexity index is 988. The van der Waals surface area contributed by atoms with E-state index in [9.17, 15) is 4.79 Å². The molecule has 2 aliphatic rings. The molecule has 5 rings (SSSR count). The monoisotopic (exact) mass is 409 g/mol. The highest BCUT2D eigenvalue weighted by atomic mass is 16.5. The quantitative estimate of drug-likeness (QED) is 0.670. The van der Waals surface area contributed by atoms with E-state index in [2.05, 4.69) is 37.1 Å². The van der Waals surface area contributed by atoms with Crippen LogP contribution in [0.15, 0.2) is 34.7 Å². The fourth-order valence-corrected chi connectivity index (χ4v) is 4.30. The first kappa shape index (κ1) is 19.3. The second kappa shape index (κ2) is 8.57. The summed E-state index contributed by atoms with van der Waals surface area (Å²) in [4.78, 5) is 14.5. The number of nitrogens with one attached hydrogen (secondary N) is 1. The molecule has 1 unspecified atom stereocenters. The van der Waals surface area contributed by atoms with Crippen molar-refractivity contribution >= 4 is 16.9 Å². The molecular formula is C22H27N5O3. The number of furan rings is 1. The lowest BCUT2D eigenvalue weighted by Crippen LogP contribution is -2.35. The van der Waals surface area contributed by atoms with Gasteiger partial charge in [0.05, 0.1) is 6.54 Å². The van der Waals surface area contributed by atoms with Crippen molar-refractivity contribution in [3.05, 3.63) is 47.7 Å². The van der Waals surface area contributed by atoms with Crippen molar-refractivity contribution in [1.82, 2.24) is 25.0 Å². The van der Waals surface area contributed by atoms with Crippen LogP contribution in [0.1, 0.15) is 30.3 Å². The molecule has 0 radical (unpaired) electrons. The number of nitrogens with zero attached hydrogens (tertiary/aromatic N) is 4. The molecule has 1 amide bonds. The number of carbonyl (C=O) groups is 1. The third-order valence-electron chi connectivity index (χ3n) is 5.92. The smallest absolute Gasteiger partial charge is 0.249 e. The average Bonchev–Trinajstić information content (AvgIpc) is 3.47. The maximum atomic E-state index is 12.1. The van der Waals surface area contributed by atoms with Crippen LogP contribution in [-0.4, -0.2) is 57.9 Å². The molecule has 1 aromatic carbocycles. The number of benzene rings is 1. The van der Waals surface area contributed by atoms with Gasteiger partial charge in [-0.25, -0.2) is 0 Å². The molecule has 0 spiro atoms. The Kier molecular flexibility index (Phi) is 5.50. The summed E-state index contributed by atoms with van der Waals surface area (Å²) < 4.78 is 13.6. The molecule has 30 heavy (non-hydrogen) atoms. The number of fused-ring (bicyclic) bond motifs is 2. The van der Waals surface area contributed by atoms with Gasteiger partial charge in [0.25, 0.3) is 0 Å². The molecule has 2 aliphatic heterocycles. The second-order valence-corrected chi connectivity index (χ2v) is 8.00. The third kappa shape index (κ3) is 4.11. The van der Waals surface area contributed by atoms with E-state index in [0.29, 0.717) is 19.6 Å². The fourth-order valence-electron chi connectivity index (χ4n) is 4.30. The number of hydrogen-bond acceptors (Lipinski definition) is 6. The fraction of sp³-hybridized carbons (Fsp3) is 0.500. The predicted octanol–water partition coefficient (Wildman–Crippen LogP) is 1.92. The van der Waals surface area contributed by atoms with Crippen molar-refractivity contribution in [2.75, 3.05) is 26.2 Å². The first-order chi connectivity index (χ1) is 14.8. The number of hydrogen-bond donors (Lipinski definition) is 1. The second-order valence-electron chi connectivity index (χ2n) is 8.00. The molecule has 3 aromatic rings. The van der Waals surface area contributed by atoms with Gasteiger partial charge < -0.3 is 19.0 Å². The topological polar surface area (TPSA) is 85.4 Å². The third-order valence-corrected chi connectivity index (χ3v) is 5.92. The highest BCUT2D eigenvalue weighted by Crippen LogP contribution is 2.21. The Balaban J connectivity index is 1.16. The molecule has 1 saturated heterocycles. The first-order valence-corrected chi connectivity index (χ1v) is 10.8. The summed E-state index contributed by atoms with van der Waals surface area (Å²) >= 11 is 0. The Morgan fingerprint density at radius 3 is 3.00 bits per heavy atom. The molecule has 0 saturated carbocycles. The molecule has 1 atom stereocenters. The van der Waals surface area contributed by atoms with Gasteiger partial charge in [-0.05, 0) is 25.0 Å². The number of amides is 1. The zero-order valence-corrected chi connectivity index (χ0v) is 17.0. The molecule has 158 valence electrons. The molecule has 1 fully saturated rings. The average molecular weight is 409 g/mol. The first-order valence-electron chi connectivity index (χ1n) is 10.8. The van der Waals surface area contributed by atoms with Crippen molar-refractivity contribution in [3.63, 3.8) is 0 Å². The van der Waals surface area contributed by atoms with Crippen molar-refractivity contribution in [3.8, 4) is 0 Å². The van der Waals surface area contributed by atoms with Gasteiger partial charge in [0.1, 0.15) is 29.1 Å². The largest absolute Gasteiger partial charge is 0.460 e. The van der Waals surface area contributed by atoms with E-state index in [-0.39, 0.29) is 12.0 Å². The van der Waals surface area contributed by atoms with Gasteiger partial charge in [0, 0.05) is 51.0 Å². The number of para-hydroxylation sites is 1. The molecule has 8 nitrogen and oxygen atoms in total. The van der Waals surface area contributed by atoms with E-state index < -0.39 is 0 Å². The van der Waals surface area contributed by atoms with E-state index in [0.717, 1.165) is 73.8 Å². The van der Waals surface area contributed by atoms with Crippen molar-refractivity contribution in [1.29, 1.82) is 0 Å². The number of ether oxygens (including phenoxy) is 1. The summed E-state index contributed by atoms with van der Waals surface area (Å²) in [5, 5.41) is 12.9. The van der Waals surface area contributed by atoms with Crippen LogP contribution in [0.3, 0.4) is 0 Å². The summed E-state index contributed by atoms with van der Waals surface area (Å²) in [6, 6.07) is 10.2. The van der Waals surface area contributed by atoms with Crippen LogP contribution in [0, 0.1) is 0 Å². The van der Waals surface area contributed by atoms with Crippen molar-refractivity contribution < 1.29 is 13.9 Å². The molecular weight excluding hydrogens is 382 g/mol. The van der Waals surface area contributed by atoms with Crippen molar-refractivity contribution in [2.45, 2.75) is 44.9 Å². The maximum absolute atomic E-state index is 12.1. The van der Waals surface area contributed by atoms with Crippen LogP contribution in [0.25, 0.3) is 11.0 Å². The number of aromatic nitrogens is 3. The van der Waals surface area contributed by atoms with Gasteiger partial charge in [0.15, 0.2) is 0 Å². The van der Waals surface area contributed by atoms with E-state index >= 15 is 0 Å². The Labute approximate surface area is 175 Å². The molecule has 8 heteroatoms. The van der Waals surface area contributed by atoms with E-state index in [1.807, 2.05) is 18.2 Å². The lowest BCUT2D eigenvalue weighted by molar-refractivity contribution is -0.130. The highest BCUT2D eigenvalue weighted by molar-refractivity contribution is 5.81. The van der Waals surface area contributed by atoms with Gasteiger partial charge in [-0.15, -0.1) is 10.2 Å². The maximum Gasteiger partial charge on any atom is 0.249 e. The summed E-state index contributed by atoms with van der Waals surface area (Å²) in [6.07, 6.45) is 3.02. The van der Waals surface area contributed by atoms with Crippen molar-refractivity contribution in [2.24, 2.45) is 0 Å². The zero-order valence-electron chi connectivity index (χ0n) is 17.0. The van der Waals surface area contributed by atoms with Gasteiger partial charge >= 0.3 is 0 Å². The van der Waals surface area contributed by atoms with Gasteiger partial charge in [0.2, 0.25) is 5.91 Å². The SMILES string of the molecule is O=C(NCCc1nnc2n1CCN(Cc1cc3ccccc3o1)CC2)C1CCCO1.